The van der Waals surface area contributed by atoms with Crippen molar-refractivity contribution in [3.8, 4) is 16.3 Å². The highest BCUT2D eigenvalue weighted by atomic mass is 32.1. The number of hydrogen-bond acceptors (Lipinski definition) is 5. The Morgan fingerprint density at radius 1 is 1.08 bits per heavy atom. The van der Waals surface area contributed by atoms with Crippen molar-refractivity contribution in [2.45, 2.75) is 52.3 Å². The summed E-state index contributed by atoms with van der Waals surface area (Å²) in [5, 5.41) is 9.82. The van der Waals surface area contributed by atoms with Gasteiger partial charge in [0.2, 0.25) is 0 Å². The highest BCUT2D eigenvalue weighted by Crippen LogP contribution is 2.35. The van der Waals surface area contributed by atoms with Crippen LogP contribution in [0.1, 0.15) is 65.7 Å². The number of aryl methyl sites for hydroxylation is 1. The number of benzene rings is 2. The van der Waals surface area contributed by atoms with Crippen molar-refractivity contribution in [3.63, 3.8) is 0 Å². The Hall–Kier alpha value is -3.46. The van der Waals surface area contributed by atoms with Crippen LogP contribution in [0.15, 0.2) is 48.5 Å². The fourth-order valence-corrected chi connectivity index (χ4v) is 4.41. The number of rotatable bonds is 8. The second-order valence-corrected chi connectivity index (χ2v) is 10.1. The Morgan fingerprint density at radius 2 is 1.72 bits per heavy atom. The monoisotopic (exact) mass is 517 g/mol. The summed E-state index contributed by atoms with van der Waals surface area (Å²) in [4.78, 5) is 29.5. The van der Waals surface area contributed by atoms with Crippen LogP contribution in [0.25, 0.3) is 16.6 Å². The summed E-state index contributed by atoms with van der Waals surface area (Å²) < 4.78 is 44.2. The van der Waals surface area contributed by atoms with E-state index < -0.39 is 23.3 Å². The number of aromatic nitrogens is 1. The van der Waals surface area contributed by atoms with E-state index in [1.54, 1.807) is 31.2 Å². The summed E-state index contributed by atoms with van der Waals surface area (Å²) in [6, 6.07) is 9.59. The lowest BCUT2D eigenvalue weighted by Gasteiger charge is -2.22. The molecule has 0 aliphatic heterocycles. The molecule has 3 rings (SSSR count). The fourth-order valence-electron chi connectivity index (χ4n) is 3.29. The number of nitrogens with zero attached hydrogens (tertiary/aromatic N) is 1. The molecule has 1 N–H and O–H groups in total. The van der Waals surface area contributed by atoms with Gasteiger partial charge in [0.15, 0.2) is 11.4 Å². The summed E-state index contributed by atoms with van der Waals surface area (Å²) in [7, 11) is 0. The Bertz CT molecular complexity index is 1310. The molecule has 3 aromatic rings. The summed E-state index contributed by atoms with van der Waals surface area (Å²) in [5.41, 5.74) is 0.194. The molecule has 0 unspecified atom stereocenters. The topological polar surface area (TPSA) is 76.5 Å². The second-order valence-electron chi connectivity index (χ2n) is 9.09. The van der Waals surface area contributed by atoms with Crippen molar-refractivity contribution in [1.82, 2.24) is 4.98 Å². The summed E-state index contributed by atoms with van der Waals surface area (Å²) in [6.45, 7) is 8.51. The lowest BCUT2D eigenvalue weighted by Crippen LogP contribution is -2.38. The Balaban J connectivity index is 1.84. The minimum atomic E-state index is -4.41. The van der Waals surface area contributed by atoms with E-state index in [2.05, 4.69) is 4.98 Å². The standard InChI is InChI=1S/C27H26F3NO4S/c1-15(2)23-22(36-24(31-23)17-6-9-19(10-7-17)27(28,29)30)13-11-20(32)18-8-12-21(16(3)14-18)35-26(4,5)25(33)34/h6-15H,1-5H3,(H,33,34). The maximum absolute atomic E-state index is 12.9. The van der Waals surface area contributed by atoms with E-state index in [4.69, 9.17) is 4.74 Å². The number of hydrogen-bond donors (Lipinski definition) is 1. The third-order valence-corrected chi connectivity index (χ3v) is 6.50. The van der Waals surface area contributed by atoms with E-state index in [0.29, 0.717) is 27.4 Å². The van der Waals surface area contributed by atoms with Crippen LogP contribution in [-0.2, 0) is 11.0 Å². The van der Waals surface area contributed by atoms with Crippen LogP contribution in [0.2, 0.25) is 0 Å². The predicted molar refractivity (Wildman–Crippen MR) is 134 cm³/mol. The highest BCUT2D eigenvalue weighted by Gasteiger charge is 2.31. The SMILES string of the molecule is Cc1cc(C(=O)C=Cc2sc(-c3ccc(C(F)(F)F)cc3)nc2C(C)C)ccc1OC(C)(C)C(=O)O. The Morgan fingerprint density at radius 3 is 2.25 bits per heavy atom. The highest BCUT2D eigenvalue weighted by molar-refractivity contribution is 7.16. The first-order valence-corrected chi connectivity index (χ1v) is 11.9. The molecule has 0 aliphatic carbocycles. The molecule has 0 bridgehead atoms. The van der Waals surface area contributed by atoms with Gasteiger partial charge in [-0.05, 0) is 74.7 Å². The number of ketones is 1. The first kappa shape index (κ1) is 27.1. The smallest absolute Gasteiger partial charge is 0.416 e. The zero-order chi connectivity index (χ0) is 26.8. The lowest BCUT2D eigenvalue weighted by atomic mass is 10.0. The Labute approximate surface area is 211 Å². The number of allylic oxidation sites excluding steroid dienone is 1. The van der Waals surface area contributed by atoms with E-state index in [-0.39, 0.29) is 11.7 Å². The van der Waals surface area contributed by atoms with E-state index in [1.165, 1.54) is 43.4 Å². The first-order valence-electron chi connectivity index (χ1n) is 11.1. The number of halogens is 3. The maximum Gasteiger partial charge on any atom is 0.416 e. The molecule has 0 fully saturated rings. The van der Waals surface area contributed by atoms with E-state index in [1.807, 2.05) is 13.8 Å². The number of thiazole rings is 1. The van der Waals surface area contributed by atoms with Crippen molar-refractivity contribution in [2.75, 3.05) is 0 Å². The van der Waals surface area contributed by atoms with Crippen LogP contribution in [0.5, 0.6) is 5.75 Å². The van der Waals surface area contributed by atoms with Gasteiger partial charge >= 0.3 is 12.1 Å². The third-order valence-electron chi connectivity index (χ3n) is 5.41. The average Bonchev–Trinajstić information content (AvgIpc) is 3.23. The number of carbonyl (C=O) groups is 2. The number of ether oxygens (including phenoxy) is 1. The van der Waals surface area contributed by atoms with Gasteiger partial charge in [0.1, 0.15) is 10.8 Å². The van der Waals surface area contributed by atoms with Gasteiger partial charge in [-0.25, -0.2) is 9.78 Å². The zero-order valence-corrected chi connectivity index (χ0v) is 21.3. The van der Waals surface area contributed by atoms with Crippen LogP contribution in [0, 0.1) is 6.92 Å². The minimum Gasteiger partial charge on any atom is -0.478 e. The molecule has 1 heterocycles. The van der Waals surface area contributed by atoms with Gasteiger partial charge in [0.25, 0.3) is 0 Å². The first-order chi connectivity index (χ1) is 16.7. The minimum absolute atomic E-state index is 0.0375. The van der Waals surface area contributed by atoms with Gasteiger partial charge in [-0.1, -0.05) is 26.0 Å². The molecule has 0 aliphatic rings. The molecular weight excluding hydrogens is 491 g/mol. The van der Waals surface area contributed by atoms with E-state index in [0.717, 1.165) is 22.7 Å². The third kappa shape index (κ3) is 6.20. The number of carboxylic acid groups (broad SMARTS) is 1. The van der Waals surface area contributed by atoms with E-state index >= 15 is 0 Å². The maximum atomic E-state index is 12.9. The van der Waals surface area contributed by atoms with Crippen LogP contribution >= 0.6 is 11.3 Å². The number of carbonyl (C=O) groups excluding carboxylic acids is 1. The normalized spacial score (nSPS) is 12.4. The largest absolute Gasteiger partial charge is 0.478 e. The van der Waals surface area contributed by atoms with Crippen molar-refractivity contribution in [3.05, 3.63) is 75.8 Å². The molecule has 2 aromatic carbocycles. The molecule has 0 atom stereocenters. The van der Waals surface area contributed by atoms with Gasteiger partial charge in [0.05, 0.1) is 16.1 Å². The second kappa shape index (κ2) is 10.3. The molecule has 0 saturated carbocycles. The molecule has 0 amide bonds. The number of carboxylic acids is 1. The molecule has 0 spiro atoms. The average molecular weight is 518 g/mol. The van der Waals surface area contributed by atoms with E-state index in [9.17, 15) is 27.9 Å². The molecule has 190 valence electrons. The Kier molecular flexibility index (Phi) is 7.73. The van der Waals surface area contributed by atoms with Gasteiger partial charge < -0.3 is 9.84 Å². The molecule has 5 nitrogen and oxygen atoms in total. The predicted octanol–water partition coefficient (Wildman–Crippen LogP) is 7.40. The molecule has 9 heteroatoms. The van der Waals surface area contributed by atoms with Gasteiger partial charge in [-0.15, -0.1) is 11.3 Å². The van der Waals surface area contributed by atoms with Crippen LogP contribution in [0.4, 0.5) is 13.2 Å². The van der Waals surface area contributed by atoms with Gasteiger partial charge in [0, 0.05) is 11.1 Å². The van der Waals surface area contributed by atoms with Gasteiger partial charge in [-0.3, -0.25) is 4.79 Å². The van der Waals surface area contributed by atoms with Gasteiger partial charge in [-0.2, -0.15) is 13.2 Å². The number of aliphatic carboxylic acids is 1. The summed E-state index contributed by atoms with van der Waals surface area (Å²) in [5.74, 6) is -0.961. The number of alkyl halides is 3. The lowest BCUT2D eigenvalue weighted by molar-refractivity contribution is -0.152. The molecule has 36 heavy (non-hydrogen) atoms. The van der Waals surface area contributed by atoms with Crippen LogP contribution < -0.4 is 4.74 Å². The van der Waals surface area contributed by atoms with Crippen molar-refractivity contribution in [1.29, 1.82) is 0 Å². The summed E-state index contributed by atoms with van der Waals surface area (Å²) in [6.07, 6.45) is -1.32. The quantitative estimate of drug-likeness (QED) is 0.249. The van der Waals surface area contributed by atoms with Crippen molar-refractivity contribution >= 4 is 29.2 Å². The zero-order valence-electron chi connectivity index (χ0n) is 20.4. The summed E-state index contributed by atoms with van der Waals surface area (Å²) >= 11 is 1.30. The van der Waals surface area contributed by atoms with Crippen LogP contribution in [0.3, 0.4) is 0 Å². The van der Waals surface area contributed by atoms with Crippen LogP contribution in [-0.4, -0.2) is 27.4 Å². The fraction of sp³-hybridized carbons (Fsp3) is 0.296. The van der Waals surface area contributed by atoms with Crippen molar-refractivity contribution < 1.29 is 32.6 Å². The molecule has 0 saturated heterocycles. The molecule has 0 radical (unpaired) electrons. The molecular formula is C27H26F3NO4S. The molecule has 1 aromatic heterocycles. The van der Waals surface area contributed by atoms with Crippen molar-refractivity contribution in [2.24, 2.45) is 0 Å².